The molecule has 0 atom stereocenters. The van der Waals surface area contributed by atoms with E-state index in [-0.39, 0.29) is 56.7 Å². The van der Waals surface area contributed by atoms with Crippen molar-refractivity contribution in [2.75, 3.05) is 26.3 Å². The molecule has 1 aliphatic rings. The number of likely N-dealkylation sites (tertiary alicyclic amines) is 1. The van der Waals surface area contributed by atoms with Gasteiger partial charge in [-0.25, -0.2) is 4.79 Å². The van der Waals surface area contributed by atoms with Gasteiger partial charge in [0.2, 0.25) is 17.7 Å². The molecule has 0 spiro atoms. The van der Waals surface area contributed by atoms with Crippen LogP contribution in [0.5, 0.6) is 0 Å². The summed E-state index contributed by atoms with van der Waals surface area (Å²) < 4.78 is 4.72. The SMILES string of the molecule is O=C(O)COCCNC(=O)CCN1C(=O)CCC1=O. The molecular weight excluding hydrogens is 256 g/mol. The lowest BCUT2D eigenvalue weighted by Crippen LogP contribution is -2.35. The Hall–Kier alpha value is -1.96. The molecule has 8 nitrogen and oxygen atoms in total. The Kier molecular flexibility index (Phi) is 5.94. The number of carboxylic acid groups (broad SMARTS) is 1. The Morgan fingerprint density at radius 2 is 1.89 bits per heavy atom. The number of carbonyl (C=O) groups excluding carboxylic acids is 3. The van der Waals surface area contributed by atoms with E-state index in [9.17, 15) is 19.2 Å². The smallest absolute Gasteiger partial charge is 0.329 e. The minimum absolute atomic E-state index is 0.0381. The van der Waals surface area contributed by atoms with Crippen LogP contribution in [-0.2, 0) is 23.9 Å². The Morgan fingerprint density at radius 1 is 1.26 bits per heavy atom. The molecule has 1 rings (SSSR count). The maximum Gasteiger partial charge on any atom is 0.329 e. The van der Waals surface area contributed by atoms with Crippen LogP contribution in [0.4, 0.5) is 0 Å². The van der Waals surface area contributed by atoms with Crippen LogP contribution in [0.2, 0.25) is 0 Å². The number of aliphatic carboxylic acids is 1. The molecule has 0 aliphatic carbocycles. The van der Waals surface area contributed by atoms with E-state index in [1.54, 1.807) is 0 Å². The average Bonchev–Trinajstić information content (AvgIpc) is 2.66. The van der Waals surface area contributed by atoms with Crippen LogP contribution in [0.25, 0.3) is 0 Å². The highest BCUT2D eigenvalue weighted by Gasteiger charge is 2.28. The molecule has 0 saturated carbocycles. The number of carbonyl (C=O) groups is 4. The minimum atomic E-state index is -1.07. The normalized spacial score (nSPS) is 14.8. The lowest BCUT2D eigenvalue weighted by atomic mass is 10.3. The number of hydrogen-bond donors (Lipinski definition) is 2. The van der Waals surface area contributed by atoms with E-state index in [4.69, 9.17) is 9.84 Å². The molecule has 2 N–H and O–H groups in total. The second kappa shape index (κ2) is 7.47. The Morgan fingerprint density at radius 3 is 2.47 bits per heavy atom. The standard InChI is InChI=1S/C11H16N2O6/c14-8(12-4-6-19-7-11(17)18)3-5-13-9(15)1-2-10(13)16/h1-7H2,(H,12,14)(H,17,18). The summed E-state index contributed by atoms with van der Waals surface area (Å²) in [7, 11) is 0. The maximum absolute atomic E-state index is 11.4. The number of hydrogen-bond acceptors (Lipinski definition) is 5. The zero-order chi connectivity index (χ0) is 14.3. The maximum atomic E-state index is 11.4. The fourth-order valence-electron chi connectivity index (χ4n) is 1.60. The molecule has 0 aromatic heterocycles. The van der Waals surface area contributed by atoms with Gasteiger partial charge in [-0.15, -0.1) is 0 Å². The highest BCUT2D eigenvalue weighted by molar-refractivity contribution is 6.02. The fourth-order valence-corrected chi connectivity index (χ4v) is 1.60. The van der Waals surface area contributed by atoms with Gasteiger partial charge in [0.15, 0.2) is 0 Å². The summed E-state index contributed by atoms with van der Waals surface area (Å²) in [5.41, 5.74) is 0. The molecule has 1 fully saturated rings. The highest BCUT2D eigenvalue weighted by atomic mass is 16.5. The zero-order valence-electron chi connectivity index (χ0n) is 10.4. The number of rotatable bonds is 8. The third-order valence-corrected chi connectivity index (χ3v) is 2.51. The van der Waals surface area contributed by atoms with Crippen molar-refractivity contribution in [3.05, 3.63) is 0 Å². The van der Waals surface area contributed by atoms with Crippen LogP contribution in [0.3, 0.4) is 0 Å². The summed E-state index contributed by atoms with van der Waals surface area (Å²) in [6.07, 6.45) is 0.462. The van der Waals surface area contributed by atoms with E-state index in [0.717, 1.165) is 4.90 Å². The minimum Gasteiger partial charge on any atom is -0.480 e. The second-order valence-electron chi connectivity index (χ2n) is 3.99. The quantitative estimate of drug-likeness (QED) is 0.421. The van der Waals surface area contributed by atoms with Crippen LogP contribution < -0.4 is 5.32 Å². The predicted molar refractivity (Wildman–Crippen MR) is 62.0 cm³/mol. The molecule has 106 valence electrons. The van der Waals surface area contributed by atoms with Crippen molar-refractivity contribution in [1.29, 1.82) is 0 Å². The van der Waals surface area contributed by atoms with Crippen LogP contribution >= 0.6 is 0 Å². The first-order valence-electron chi connectivity index (χ1n) is 5.90. The zero-order valence-corrected chi connectivity index (χ0v) is 10.4. The lowest BCUT2D eigenvalue weighted by Gasteiger charge is -2.13. The largest absolute Gasteiger partial charge is 0.480 e. The number of carboxylic acids is 1. The molecule has 3 amide bonds. The summed E-state index contributed by atoms with van der Waals surface area (Å²) in [5, 5.41) is 10.8. The van der Waals surface area contributed by atoms with E-state index < -0.39 is 12.6 Å². The number of amides is 3. The van der Waals surface area contributed by atoms with Crippen molar-refractivity contribution in [2.24, 2.45) is 0 Å². The van der Waals surface area contributed by atoms with E-state index in [1.165, 1.54) is 0 Å². The fraction of sp³-hybridized carbons (Fsp3) is 0.636. The molecule has 1 aliphatic heterocycles. The summed E-state index contributed by atoms with van der Waals surface area (Å²) in [6, 6.07) is 0. The number of nitrogens with one attached hydrogen (secondary N) is 1. The molecule has 0 aromatic rings. The van der Waals surface area contributed by atoms with Crippen molar-refractivity contribution in [1.82, 2.24) is 10.2 Å². The van der Waals surface area contributed by atoms with Crippen molar-refractivity contribution in [3.63, 3.8) is 0 Å². The number of ether oxygens (including phenoxy) is 1. The molecule has 19 heavy (non-hydrogen) atoms. The first kappa shape index (κ1) is 15.1. The molecule has 1 saturated heterocycles. The van der Waals surface area contributed by atoms with E-state index in [1.807, 2.05) is 0 Å². The van der Waals surface area contributed by atoms with Crippen molar-refractivity contribution >= 4 is 23.7 Å². The predicted octanol–water partition coefficient (Wildman–Crippen LogP) is -1.26. The van der Waals surface area contributed by atoms with Gasteiger partial charge in [0.1, 0.15) is 6.61 Å². The van der Waals surface area contributed by atoms with Crippen LogP contribution in [-0.4, -0.2) is 60.0 Å². The van der Waals surface area contributed by atoms with Gasteiger partial charge >= 0.3 is 5.97 Å². The van der Waals surface area contributed by atoms with Crippen molar-refractivity contribution in [2.45, 2.75) is 19.3 Å². The first-order valence-corrected chi connectivity index (χ1v) is 5.90. The van der Waals surface area contributed by atoms with E-state index in [2.05, 4.69) is 5.32 Å². The monoisotopic (exact) mass is 272 g/mol. The van der Waals surface area contributed by atoms with E-state index >= 15 is 0 Å². The molecule has 0 aromatic carbocycles. The van der Waals surface area contributed by atoms with Gasteiger partial charge in [0.05, 0.1) is 6.61 Å². The van der Waals surface area contributed by atoms with Crippen LogP contribution in [0, 0.1) is 0 Å². The van der Waals surface area contributed by atoms with Crippen molar-refractivity contribution in [3.8, 4) is 0 Å². The Balaban J connectivity index is 2.09. The molecular formula is C11H16N2O6. The van der Waals surface area contributed by atoms with Crippen LogP contribution in [0.15, 0.2) is 0 Å². The highest BCUT2D eigenvalue weighted by Crippen LogP contribution is 2.11. The summed E-state index contributed by atoms with van der Waals surface area (Å²) in [6.45, 7) is -0.0419. The van der Waals surface area contributed by atoms with Gasteiger partial charge in [0.25, 0.3) is 0 Å². The number of imide groups is 1. The van der Waals surface area contributed by atoms with Crippen molar-refractivity contribution < 1.29 is 29.0 Å². The van der Waals surface area contributed by atoms with Gasteiger partial charge in [-0.1, -0.05) is 0 Å². The summed E-state index contributed by atoms with van der Waals surface area (Å²) in [5.74, 6) is -1.88. The van der Waals surface area contributed by atoms with E-state index in [0.29, 0.717) is 0 Å². The third kappa shape index (κ3) is 5.47. The van der Waals surface area contributed by atoms with Gasteiger partial charge in [-0.2, -0.15) is 0 Å². The first-order chi connectivity index (χ1) is 9.00. The average molecular weight is 272 g/mol. The van der Waals surface area contributed by atoms with Gasteiger partial charge < -0.3 is 15.2 Å². The summed E-state index contributed by atoms with van der Waals surface area (Å²) in [4.78, 5) is 45.1. The topological polar surface area (TPSA) is 113 Å². The second-order valence-corrected chi connectivity index (χ2v) is 3.99. The van der Waals surface area contributed by atoms with Gasteiger partial charge in [-0.05, 0) is 0 Å². The third-order valence-electron chi connectivity index (χ3n) is 2.51. The molecule has 0 bridgehead atoms. The molecule has 8 heteroatoms. The lowest BCUT2D eigenvalue weighted by molar-refractivity contribution is -0.142. The Labute approximate surface area is 109 Å². The summed E-state index contributed by atoms with van der Waals surface area (Å²) >= 11 is 0. The molecule has 0 radical (unpaired) electrons. The molecule has 1 heterocycles. The number of nitrogens with zero attached hydrogens (tertiary/aromatic N) is 1. The van der Waals surface area contributed by atoms with Gasteiger partial charge in [-0.3, -0.25) is 19.3 Å². The van der Waals surface area contributed by atoms with Crippen LogP contribution in [0.1, 0.15) is 19.3 Å². The Bertz CT molecular complexity index is 365. The molecule has 0 unspecified atom stereocenters. The van der Waals surface area contributed by atoms with Gasteiger partial charge in [0, 0.05) is 32.4 Å².